The number of nitrogens with two attached hydrogens (primary N) is 1. The molecule has 2 aromatic rings. The summed E-state index contributed by atoms with van der Waals surface area (Å²) in [7, 11) is 3.24. The molecule has 0 saturated carbocycles. The second-order valence-corrected chi connectivity index (χ2v) is 4.98. The molecule has 0 radical (unpaired) electrons. The van der Waals surface area contributed by atoms with Gasteiger partial charge in [-0.3, -0.25) is 9.79 Å². The summed E-state index contributed by atoms with van der Waals surface area (Å²) in [6.07, 6.45) is 0. The van der Waals surface area contributed by atoms with Gasteiger partial charge in [0.15, 0.2) is 23.2 Å². The zero-order valence-corrected chi connectivity index (χ0v) is 17.2. The van der Waals surface area contributed by atoms with Gasteiger partial charge in [-0.15, -0.1) is 24.0 Å². The van der Waals surface area contributed by atoms with E-state index in [1.54, 1.807) is 20.2 Å². The van der Waals surface area contributed by atoms with Crippen molar-refractivity contribution < 1.29 is 18.7 Å². The van der Waals surface area contributed by atoms with Crippen molar-refractivity contribution in [2.24, 2.45) is 10.7 Å². The summed E-state index contributed by atoms with van der Waals surface area (Å²) in [5, 5.41) is 6.24. The number of halogens is 1. The molecule has 0 bridgehead atoms. The van der Waals surface area contributed by atoms with E-state index in [1.165, 1.54) is 6.07 Å². The van der Waals surface area contributed by atoms with Crippen LogP contribution in [0.1, 0.15) is 23.2 Å². The topological polar surface area (TPSA) is 111 Å². The largest absolute Gasteiger partial charge is 0.493 e. The summed E-state index contributed by atoms with van der Waals surface area (Å²) in [6, 6.07) is 8.71. The van der Waals surface area contributed by atoms with E-state index in [9.17, 15) is 4.79 Å². The number of carbonyl (C=O) groups is 1. The molecule has 0 aliphatic heterocycles. The van der Waals surface area contributed by atoms with Crippen molar-refractivity contribution in [2.45, 2.75) is 13.5 Å². The average Bonchev–Trinajstić information content (AvgIpc) is 3.08. The van der Waals surface area contributed by atoms with Crippen molar-refractivity contribution in [2.75, 3.05) is 26.1 Å². The van der Waals surface area contributed by atoms with E-state index in [0.29, 0.717) is 36.4 Å². The van der Waals surface area contributed by atoms with Gasteiger partial charge in [-0.1, -0.05) is 0 Å². The number of benzene rings is 1. The zero-order chi connectivity index (χ0) is 18.2. The van der Waals surface area contributed by atoms with Gasteiger partial charge in [0.1, 0.15) is 5.76 Å². The van der Waals surface area contributed by atoms with Crippen molar-refractivity contribution in [3.63, 3.8) is 0 Å². The highest BCUT2D eigenvalue weighted by molar-refractivity contribution is 14.0. The number of furan rings is 1. The fraction of sp³-hybridized carbons (Fsp3) is 0.294. The van der Waals surface area contributed by atoms with Crippen LogP contribution in [0.3, 0.4) is 0 Å². The molecule has 0 fully saturated rings. The van der Waals surface area contributed by atoms with E-state index in [-0.39, 0.29) is 29.7 Å². The Hall–Kier alpha value is -2.43. The third kappa shape index (κ3) is 5.83. The van der Waals surface area contributed by atoms with Crippen LogP contribution in [0.4, 0.5) is 5.69 Å². The first-order chi connectivity index (χ1) is 12.1. The minimum Gasteiger partial charge on any atom is -0.493 e. The summed E-state index contributed by atoms with van der Waals surface area (Å²) in [5.41, 5.74) is 5.95. The van der Waals surface area contributed by atoms with E-state index < -0.39 is 5.91 Å². The van der Waals surface area contributed by atoms with Crippen LogP contribution >= 0.6 is 24.0 Å². The number of nitrogens with one attached hydrogen (secondary N) is 2. The van der Waals surface area contributed by atoms with Gasteiger partial charge in [0, 0.05) is 18.8 Å². The Morgan fingerprint density at radius 1 is 1.27 bits per heavy atom. The number of methoxy groups -OCH3 is 1. The van der Waals surface area contributed by atoms with Crippen LogP contribution in [0.2, 0.25) is 0 Å². The van der Waals surface area contributed by atoms with Gasteiger partial charge in [-0.2, -0.15) is 0 Å². The number of primary amides is 1. The molecule has 1 heterocycles. The number of nitrogens with zero attached hydrogens (tertiary/aromatic N) is 1. The van der Waals surface area contributed by atoms with Crippen LogP contribution in [0.25, 0.3) is 0 Å². The van der Waals surface area contributed by atoms with Crippen molar-refractivity contribution in [1.29, 1.82) is 0 Å². The van der Waals surface area contributed by atoms with Gasteiger partial charge in [-0.25, -0.2) is 0 Å². The lowest BCUT2D eigenvalue weighted by Crippen LogP contribution is -2.30. The lowest BCUT2D eigenvalue weighted by molar-refractivity contribution is 0.0972. The molecule has 8 nitrogen and oxygen atoms in total. The van der Waals surface area contributed by atoms with Crippen molar-refractivity contribution in [3.05, 3.63) is 41.9 Å². The van der Waals surface area contributed by atoms with Gasteiger partial charge in [0.2, 0.25) is 0 Å². The van der Waals surface area contributed by atoms with Gasteiger partial charge in [0.05, 0.1) is 20.3 Å². The number of hydrogen-bond donors (Lipinski definition) is 3. The number of hydrogen-bond acceptors (Lipinski definition) is 5. The Kier molecular flexibility index (Phi) is 8.76. The quantitative estimate of drug-likeness (QED) is 0.323. The van der Waals surface area contributed by atoms with Crippen LogP contribution in [0.5, 0.6) is 11.5 Å². The van der Waals surface area contributed by atoms with Crippen molar-refractivity contribution in [3.8, 4) is 11.5 Å². The Labute approximate surface area is 169 Å². The predicted molar refractivity (Wildman–Crippen MR) is 111 cm³/mol. The molecule has 0 saturated heterocycles. The Morgan fingerprint density at radius 2 is 2.04 bits per heavy atom. The first-order valence-electron chi connectivity index (χ1n) is 7.74. The molecular weight excluding hydrogens is 451 g/mol. The highest BCUT2D eigenvalue weighted by Gasteiger charge is 2.09. The van der Waals surface area contributed by atoms with Crippen LogP contribution in [0.15, 0.2) is 39.7 Å². The van der Waals surface area contributed by atoms with E-state index in [4.69, 9.17) is 19.6 Å². The molecule has 9 heteroatoms. The lowest BCUT2D eigenvalue weighted by Gasteiger charge is -2.14. The van der Waals surface area contributed by atoms with Gasteiger partial charge in [0.25, 0.3) is 5.91 Å². The number of guanidine groups is 1. The second-order valence-electron chi connectivity index (χ2n) is 4.98. The van der Waals surface area contributed by atoms with E-state index >= 15 is 0 Å². The second kappa shape index (κ2) is 10.5. The number of carbonyl (C=O) groups excluding carboxylic acids is 1. The van der Waals surface area contributed by atoms with Crippen LogP contribution in [-0.2, 0) is 6.54 Å². The first kappa shape index (κ1) is 21.6. The molecule has 1 aromatic heterocycles. The minimum absolute atomic E-state index is 0. The normalized spacial score (nSPS) is 10.7. The summed E-state index contributed by atoms with van der Waals surface area (Å²) in [5.74, 6) is 1.92. The molecule has 1 aromatic carbocycles. The Balaban J connectivity index is 0.00000338. The SMILES string of the molecule is CCOc1cc(NC(=NC)NCc2ccc(C(N)=O)o2)ccc1OC.I. The molecule has 0 spiro atoms. The van der Waals surface area contributed by atoms with Crippen LogP contribution in [0, 0.1) is 0 Å². The number of rotatable bonds is 7. The van der Waals surface area contributed by atoms with Crippen molar-refractivity contribution >= 4 is 41.5 Å². The van der Waals surface area contributed by atoms with Crippen LogP contribution in [-0.4, -0.2) is 32.6 Å². The summed E-state index contributed by atoms with van der Waals surface area (Å²) >= 11 is 0. The first-order valence-corrected chi connectivity index (χ1v) is 7.74. The number of anilines is 1. The molecule has 0 unspecified atom stereocenters. The number of aliphatic imine (C=N–C) groups is 1. The van der Waals surface area contributed by atoms with Gasteiger partial charge >= 0.3 is 0 Å². The zero-order valence-electron chi connectivity index (χ0n) is 14.9. The molecule has 4 N–H and O–H groups in total. The van der Waals surface area contributed by atoms with E-state index in [2.05, 4.69) is 15.6 Å². The fourth-order valence-electron chi connectivity index (χ4n) is 2.11. The highest BCUT2D eigenvalue weighted by Crippen LogP contribution is 2.30. The summed E-state index contributed by atoms with van der Waals surface area (Å²) in [4.78, 5) is 15.2. The van der Waals surface area contributed by atoms with Crippen molar-refractivity contribution in [1.82, 2.24) is 5.32 Å². The number of ether oxygens (including phenoxy) is 2. The average molecular weight is 474 g/mol. The van der Waals surface area contributed by atoms with E-state index in [0.717, 1.165) is 5.69 Å². The maximum Gasteiger partial charge on any atom is 0.284 e. The third-order valence-corrected chi connectivity index (χ3v) is 3.28. The molecule has 0 atom stereocenters. The summed E-state index contributed by atoms with van der Waals surface area (Å²) in [6.45, 7) is 2.79. The maximum atomic E-state index is 11.0. The molecule has 0 aliphatic rings. The monoisotopic (exact) mass is 474 g/mol. The minimum atomic E-state index is -0.601. The summed E-state index contributed by atoms with van der Waals surface area (Å²) < 4.78 is 16.1. The lowest BCUT2D eigenvalue weighted by atomic mass is 10.2. The third-order valence-electron chi connectivity index (χ3n) is 3.28. The highest BCUT2D eigenvalue weighted by atomic mass is 127. The molecule has 1 amide bonds. The molecule has 2 rings (SSSR count). The van der Waals surface area contributed by atoms with Gasteiger partial charge in [-0.05, 0) is 31.2 Å². The molecule has 26 heavy (non-hydrogen) atoms. The maximum absolute atomic E-state index is 11.0. The molecule has 142 valence electrons. The fourth-order valence-corrected chi connectivity index (χ4v) is 2.11. The molecule has 0 aliphatic carbocycles. The Morgan fingerprint density at radius 3 is 2.62 bits per heavy atom. The van der Waals surface area contributed by atoms with Gasteiger partial charge < -0.3 is 30.3 Å². The van der Waals surface area contributed by atoms with Crippen LogP contribution < -0.4 is 25.8 Å². The molecular formula is C17H23IN4O4. The smallest absolute Gasteiger partial charge is 0.284 e. The number of amides is 1. The van der Waals surface area contributed by atoms with E-state index in [1.807, 2.05) is 25.1 Å². The Bertz CT molecular complexity index is 761. The standard InChI is InChI=1S/C17H22N4O4.HI/c1-4-24-15-9-11(5-7-13(15)23-3)21-17(19-2)20-10-12-6-8-14(25-12)16(18)22;/h5-9H,4,10H2,1-3H3,(H2,18,22)(H2,19,20,21);1H. The predicted octanol–water partition coefficient (Wildman–Crippen LogP) is 2.59.